The molecule has 2 saturated heterocycles. The van der Waals surface area contributed by atoms with Crippen LogP contribution in [-0.2, 0) is 18.4 Å². The summed E-state index contributed by atoms with van der Waals surface area (Å²) in [5.74, 6) is -0.0801. The molecule has 0 N–H and O–H groups in total. The molecule has 0 unspecified atom stereocenters. The van der Waals surface area contributed by atoms with Gasteiger partial charge in [0, 0.05) is 46.3 Å². The summed E-state index contributed by atoms with van der Waals surface area (Å²) in [6, 6.07) is 7.58. The molecule has 1 aromatic heterocycles. The summed E-state index contributed by atoms with van der Waals surface area (Å²) in [7, 11) is 1.72. The molecular weight excluding hydrogens is 358 g/mol. The third kappa shape index (κ3) is 3.39. The van der Waals surface area contributed by atoms with Gasteiger partial charge in [0.25, 0.3) is 0 Å². The highest BCUT2D eigenvalue weighted by Crippen LogP contribution is 2.14. The maximum atomic E-state index is 12.8. The zero-order chi connectivity index (χ0) is 19.7. The number of para-hydroxylation sites is 2. The lowest BCUT2D eigenvalue weighted by atomic mass is 10.1. The van der Waals surface area contributed by atoms with Crippen LogP contribution in [0.4, 0.5) is 4.79 Å². The number of rotatable bonds is 2. The fourth-order valence-corrected chi connectivity index (χ4v) is 4.18. The molecule has 2 aliphatic rings. The summed E-state index contributed by atoms with van der Waals surface area (Å²) in [6.45, 7) is 3.82. The molecule has 2 aliphatic heterocycles. The number of likely N-dealkylation sites (tertiary alicyclic amines) is 1. The highest BCUT2D eigenvalue weighted by Gasteiger charge is 2.28. The quantitative estimate of drug-likeness (QED) is 0.777. The zero-order valence-electron chi connectivity index (χ0n) is 16.3. The van der Waals surface area contributed by atoms with E-state index in [1.54, 1.807) is 16.5 Å². The number of urea groups is 1. The number of fused-ring (bicyclic) bond motifs is 1. The Labute approximate surface area is 163 Å². The fraction of sp³-hybridized carbons (Fsp3) is 0.550. The standard InChI is InChI=1S/C20H27N5O3/c1-21-16-7-3-4-8-17(16)25(19(21)27)15-18(26)22-11-13-24(14-12-22)20(28)23-9-5-2-6-10-23/h3-4,7-8H,2,5-6,9-15H2,1H3. The van der Waals surface area contributed by atoms with Crippen molar-refractivity contribution in [3.05, 3.63) is 34.7 Å². The van der Waals surface area contributed by atoms with E-state index in [1.165, 1.54) is 11.0 Å². The lowest BCUT2D eigenvalue weighted by molar-refractivity contribution is -0.133. The largest absolute Gasteiger partial charge is 0.338 e. The van der Waals surface area contributed by atoms with Crippen LogP contribution >= 0.6 is 0 Å². The average Bonchev–Trinajstić information content (AvgIpc) is 2.99. The Kier molecular flexibility index (Phi) is 5.11. The van der Waals surface area contributed by atoms with Gasteiger partial charge in [-0.1, -0.05) is 12.1 Å². The van der Waals surface area contributed by atoms with Crippen LogP contribution in [0, 0.1) is 0 Å². The van der Waals surface area contributed by atoms with Crippen LogP contribution in [0.5, 0.6) is 0 Å². The highest BCUT2D eigenvalue weighted by atomic mass is 16.2. The molecule has 150 valence electrons. The number of hydrogen-bond donors (Lipinski definition) is 0. The van der Waals surface area contributed by atoms with Crippen molar-refractivity contribution in [2.45, 2.75) is 25.8 Å². The van der Waals surface area contributed by atoms with E-state index in [4.69, 9.17) is 0 Å². The van der Waals surface area contributed by atoms with E-state index in [1.807, 2.05) is 34.1 Å². The molecule has 1 aromatic carbocycles. The van der Waals surface area contributed by atoms with Gasteiger partial charge in [0.15, 0.2) is 0 Å². The summed E-state index contributed by atoms with van der Waals surface area (Å²) in [5.41, 5.74) is 1.40. The van der Waals surface area contributed by atoms with Crippen molar-refractivity contribution in [1.29, 1.82) is 0 Å². The lowest BCUT2D eigenvalue weighted by Gasteiger charge is -2.38. The number of carbonyl (C=O) groups excluding carboxylic acids is 2. The highest BCUT2D eigenvalue weighted by molar-refractivity contribution is 5.81. The van der Waals surface area contributed by atoms with E-state index in [2.05, 4.69) is 0 Å². The maximum absolute atomic E-state index is 12.8. The Balaban J connectivity index is 1.39. The number of benzene rings is 1. The number of hydrogen-bond acceptors (Lipinski definition) is 3. The SMILES string of the molecule is Cn1c(=O)n(CC(=O)N2CCN(C(=O)N3CCCCC3)CC2)c2ccccc21. The first-order valence-corrected chi connectivity index (χ1v) is 10.0. The van der Waals surface area contributed by atoms with Gasteiger partial charge in [-0.3, -0.25) is 13.9 Å². The number of aromatic nitrogens is 2. The predicted octanol–water partition coefficient (Wildman–Crippen LogP) is 1.09. The van der Waals surface area contributed by atoms with Gasteiger partial charge in [-0.2, -0.15) is 0 Å². The van der Waals surface area contributed by atoms with Gasteiger partial charge < -0.3 is 14.7 Å². The smallest absolute Gasteiger partial charge is 0.329 e. The van der Waals surface area contributed by atoms with Gasteiger partial charge in [-0.25, -0.2) is 9.59 Å². The number of carbonyl (C=O) groups is 2. The Hall–Kier alpha value is -2.77. The molecule has 0 bridgehead atoms. The Morgan fingerprint density at radius 2 is 1.39 bits per heavy atom. The molecule has 2 fully saturated rings. The number of imidazole rings is 1. The number of amides is 3. The minimum absolute atomic E-state index is 0.0280. The number of aryl methyl sites for hydroxylation is 1. The van der Waals surface area contributed by atoms with Gasteiger partial charge in [0.05, 0.1) is 11.0 Å². The van der Waals surface area contributed by atoms with Crippen LogP contribution in [0.2, 0.25) is 0 Å². The number of piperidine rings is 1. The van der Waals surface area contributed by atoms with Crippen LogP contribution < -0.4 is 5.69 Å². The van der Waals surface area contributed by atoms with Crippen LogP contribution in [0.25, 0.3) is 11.0 Å². The van der Waals surface area contributed by atoms with E-state index in [9.17, 15) is 14.4 Å². The van der Waals surface area contributed by atoms with Crippen molar-refractivity contribution in [3.8, 4) is 0 Å². The van der Waals surface area contributed by atoms with Crippen molar-refractivity contribution in [3.63, 3.8) is 0 Å². The fourth-order valence-electron chi connectivity index (χ4n) is 4.18. The van der Waals surface area contributed by atoms with E-state index >= 15 is 0 Å². The molecule has 0 spiro atoms. The summed E-state index contributed by atoms with van der Waals surface area (Å²) < 4.78 is 3.10. The minimum atomic E-state index is -0.187. The molecular formula is C20H27N5O3. The summed E-state index contributed by atoms with van der Waals surface area (Å²) in [6.07, 6.45) is 3.34. The molecule has 0 atom stereocenters. The first-order valence-electron chi connectivity index (χ1n) is 10.0. The van der Waals surface area contributed by atoms with Crippen molar-refractivity contribution < 1.29 is 9.59 Å². The first-order chi connectivity index (χ1) is 13.6. The molecule has 0 saturated carbocycles. The van der Waals surface area contributed by atoms with Gasteiger partial charge in [0.1, 0.15) is 6.54 Å². The first kappa shape index (κ1) is 18.6. The number of piperazine rings is 1. The van der Waals surface area contributed by atoms with E-state index in [0.717, 1.165) is 37.0 Å². The normalized spacial score (nSPS) is 18.0. The molecule has 0 aliphatic carbocycles. The number of nitrogens with zero attached hydrogens (tertiary/aromatic N) is 5. The average molecular weight is 385 g/mol. The minimum Gasteiger partial charge on any atom is -0.338 e. The molecule has 2 aromatic rings. The van der Waals surface area contributed by atoms with Gasteiger partial charge in [0.2, 0.25) is 5.91 Å². The van der Waals surface area contributed by atoms with Crippen LogP contribution in [0.3, 0.4) is 0 Å². The van der Waals surface area contributed by atoms with Gasteiger partial charge in [-0.05, 0) is 31.4 Å². The second kappa shape index (κ2) is 7.69. The second-order valence-electron chi connectivity index (χ2n) is 7.61. The van der Waals surface area contributed by atoms with E-state index in [-0.39, 0.29) is 24.2 Å². The Bertz CT molecular complexity index is 933. The summed E-state index contributed by atoms with van der Waals surface area (Å²) >= 11 is 0. The van der Waals surface area contributed by atoms with Crippen molar-refractivity contribution in [1.82, 2.24) is 23.8 Å². The van der Waals surface area contributed by atoms with Gasteiger partial charge >= 0.3 is 11.7 Å². The van der Waals surface area contributed by atoms with E-state index in [0.29, 0.717) is 26.2 Å². The monoisotopic (exact) mass is 385 g/mol. The topological polar surface area (TPSA) is 70.8 Å². The molecule has 28 heavy (non-hydrogen) atoms. The van der Waals surface area contributed by atoms with Gasteiger partial charge in [-0.15, -0.1) is 0 Å². The van der Waals surface area contributed by atoms with E-state index < -0.39 is 0 Å². The lowest BCUT2D eigenvalue weighted by Crippen LogP contribution is -2.55. The maximum Gasteiger partial charge on any atom is 0.329 e. The van der Waals surface area contributed by atoms with Crippen LogP contribution in [0.1, 0.15) is 19.3 Å². The Morgan fingerprint density at radius 1 is 0.821 bits per heavy atom. The third-order valence-electron chi connectivity index (χ3n) is 5.87. The molecule has 8 heteroatoms. The second-order valence-corrected chi connectivity index (χ2v) is 7.61. The Morgan fingerprint density at radius 3 is 2.07 bits per heavy atom. The van der Waals surface area contributed by atoms with Crippen molar-refractivity contribution >= 4 is 23.0 Å². The summed E-state index contributed by atoms with van der Waals surface area (Å²) in [5, 5.41) is 0. The van der Waals surface area contributed by atoms with Crippen molar-refractivity contribution in [2.75, 3.05) is 39.3 Å². The predicted molar refractivity (Wildman–Crippen MR) is 106 cm³/mol. The molecule has 3 amide bonds. The van der Waals surface area contributed by atoms with Crippen molar-refractivity contribution in [2.24, 2.45) is 7.05 Å². The molecule has 3 heterocycles. The van der Waals surface area contributed by atoms with Crippen LogP contribution in [0.15, 0.2) is 29.1 Å². The molecule has 8 nitrogen and oxygen atoms in total. The van der Waals surface area contributed by atoms with Crippen LogP contribution in [-0.4, -0.2) is 75.0 Å². The molecule has 0 radical (unpaired) electrons. The summed E-state index contributed by atoms with van der Waals surface area (Å²) in [4.78, 5) is 43.5. The third-order valence-corrected chi connectivity index (χ3v) is 5.87. The molecule has 4 rings (SSSR count). The zero-order valence-corrected chi connectivity index (χ0v) is 16.3.